The number of nitrogens with zero attached hydrogens (tertiary/aromatic N) is 2. The number of primary amides is 1. The van der Waals surface area contributed by atoms with Crippen molar-refractivity contribution in [3.63, 3.8) is 0 Å². The molecule has 1 aliphatic rings. The number of carbonyl (C=O) groups excluding carboxylic acids is 2. The highest BCUT2D eigenvalue weighted by Gasteiger charge is 2.30. The number of carbonyl (C=O) groups is 2. The molecule has 1 aromatic heterocycles. The molecule has 8 heteroatoms. The lowest BCUT2D eigenvalue weighted by Crippen LogP contribution is -2.43. The third-order valence-corrected chi connectivity index (χ3v) is 7.19. The second kappa shape index (κ2) is 15.4. The number of benzene rings is 1. The summed E-state index contributed by atoms with van der Waals surface area (Å²) in [5.74, 6) is -0.264. The number of amides is 2. The number of nitrogens with one attached hydrogen (secondary N) is 1. The first kappa shape index (κ1) is 30.4. The van der Waals surface area contributed by atoms with Crippen LogP contribution in [0.25, 0.3) is 11.3 Å². The van der Waals surface area contributed by atoms with Crippen LogP contribution in [0.3, 0.4) is 0 Å². The fourth-order valence-electron chi connectivity index (χ4n) is 4.61. The van der Waals surface area contributed by atoms with E-state index in [0.29, 0.717) is 43.1 Å². The molecule has 2 heterocycles. The molecule has 0 bridgehead atoms. The van der Waals surface area contributed by atoms with Crippen molar-refractivity contribution in [3.05, 3.63) is 53.5 Å². The zero-order chi connectivity index (χ0) is 27.3. The Morgan fingerprint density at radius 2 is 1.86 bits per heavy atom. The second-order valence-electron chi connectivity index (χ2n) is 9.75. The highest BCUT2D eigenvalue weighted by Crippen LogP contribution is 2.27. The quantitative estimate of drug-likeness (QED) is 0.397. The molecule has 1 saturated heterocycles. The normalized spacial score (nSPS) is 14.5. The fourth-order valence-corrected chi connectivity index (χ4v) is 4.61. The maximum Gasteiger partial charge on any atom is 0.254 e. The minimum Gasteiger partial charge on any atom is -0.372 e. The van der Waals surface area contributed by atoms with Crippen LogP contribution < -0.4 is 11.1 Å². The summed E-state index contributed by atoms with van der Waals surface area (Å²) in [6.45, 7) is 8.87. The monoisotopic (exact) mass is 516 g/mol. The Morgan fingerprint density at radius 3 is 2.41 bits per heavy atom. The summed E-state index contributed by atoms with van der Waals surface area (Å²) in [5, 5.41) is 2.70. The number of likely N-dealkylation sites (tertiary alicyclic amines) is 1. The second-order valence-corrected chi connectivity index (χ2v) is 9.75. The maximum atomic E-state index is 14.7. The molecular formula is C29H42F2N4O2. The number of alkyl halides is 1. The van der Waals surface area contributed by atoms with Gasteiger partial charge in [-0.2, -0.15) is 0 Å². The summed E-state index contributed by atoms with van der Waals surface area (Å²) in [7, 11) is 0. The van der Waals surface area contributed by atoms with E-state index in [1.165, 1.54) is 17.7 Å². The number of nitrogens with two attached hydrogens (primary N) is 1. The maximum absolute atomic E-state index is 14.7. The number of hydrogen-bond acceptors (Lipinski definition) is 4. The van der Waals surface area contributed by atoms with Crippen LogP contribution in [0.5, 0.6) is 0 Å². The average molecular weight is 517 g/mol. The van der Waals surface area contributed by atoms with Crippen molar-refractivity contribution in [2.75, 3.05) is 26.2 Å². The topological polar surface area (TPSA) is 88.3 Å². The lowest BCUT2D eigenvalue weighted by atomic mass is 9.89. The van der Waals surface area contributed by atoms with Crippen LogP contribution in [0, 0.1) is 11.7 Å². The summed E-state index contributed by atoms with van der Waals surface area (Å²) < 4.78 is 29.2. The number of halogens is 2. The molecule has 1 aromatic carbocycles. The third-order valence-electron chi connectivity index (χ3n) is 7.19. The predicted molar refractivity (Wildman–Crippen MR) is 144 cm³/mol. The van der Waals surface area contributed by atoms with Gasteiger partial charge < -0.3 is 16.0 Å². The van der Waals surface area contributed by atoms with Gasteiger partial charge in [-0.15, -0.1) is 0 Å². The number of aromatic nitrogens is 1. The summed E-state index contributed by atoms with van der Waals surface area (Å²) in [6, 6.07) is 8.60. The molecule has 0 atom stereocenters. The van der Waals surface area contributed by atoms with Crippen molar-refractivity contribution in [1.82, 2.24) is 15.2 Å². The molecule has 204 valence electrons. The molecule has 37 heavy (non-hydrogen) atoms. The SMILES string of the molecule is CCCNC(=O)c1ccc(-c2ccc(CCC3CCN(CC(F)(CC)CC)CC3)cn2)cc1F.NC=O. The summed E-state index contributed by atoms with van der Waals surface area (Å²) in [6.07, 6.45) is 8.38. The third kappa shape index (κ3) is 9.50. The van der Waals surface area contributed by atoms with Crippen LogP contribution >= 0.6 is 0 Å². The molecule has 0 saturated carbocycles. The highest BCUT2D eigenvalue weighted by molar-refractivity contribution is 5.94. The van der Waals surface area contributed by atoms with Gasteiger partial charge in [-0.25, -0.2) is 8.78 Å². The first-order chi connectivity index (χ1) is 17.8. The molecule has 0 aliphatic carbocycles. The van der Waals surface area contributed by atoms with E-state index in [2.05, 4.69) is 27.0 Å². The number of rotatable bonds is 11. The van der Waals surface area contributed by atoms with E-state index in [-0.39, 0.29) is 17.9 Å². The molecular weight excluding hydrogens is 474 g/mol. The van der Waals surface area contributed by atoms with Gasteiger partial charge in [-0.05, 0) is 87.7 Å². The van der Waals surface area contributed by atoms with E-state index in [0.717, 1.165) is 45.2 Å². The summed E-state index contributed by atoms with van der Waals surface area (Å²) in [5.41, 5.74) is 5.69. The van der Waals surface area contributed by atoms with Gasteiger partial charge in [0.05, 0.1) is 11.3 Å². The van der Waals surface area contributed by atoms with Crippen molar-refractivity contribution < 1.29 is 18.4 Å². The van der Waals surface area contributed by atoms with Gasteiger partial charge in [-0.1, -0.05) is 32.9 Å². The molecule has 1 fully saturated rings. The van der Waals surface area contributed by atoms with Crippen LogP contribution in [-0.4, -0.2) is 54.0 Å². The van der Waals surface area contributed by atoms with Gasteiger partial charge in [-0.3, -0.25) is 14.6 Å². The Morgan fingerprint density at radius 1 is 1.19 bits per heavy atom. The minimum atomic E-state index is -1.05. The molecule has 0 spiro atoms. The van der Waals surface area contributed by atoms with Crippen LogP contribution in [0.1, 0.15) is 75.2 Å². The van der Waals surface area contributed by atoms with Gasteiger partial charge in [0.25, 0.3) is 5.91 Å². The average Bonchev–Trinajstić information content (AvgIpc) is 2.92. The summed E-state index contributed by atoms with van der Waals surface area (Å²) in [4.78, 5) is 27.4. The number of hydrogen-bond donors (Lipinski definition) is 2. The lowest BCUT2D eigenvalue weighted by molar-refractivity contribution is -0.106. The fraction of sp³-hybridized carbons (Fsp3) is 0.552. The molecule has 6 nitrogen and oxygen atoms in total. The highest BCUT2D eigenvalue weighted by atomic mass is 19.1. The van der Waals surface area contributed by atoms with Gasteiger partial charge in [0.2, 0.25) is 6.41 Å². The first-order valence-electron chi connectivity index (χ1n) is 13.4. The van der Waals surface area contributed by atoms with Crippen molar-refractivity contribution >= 4 is 12.3 Å². The minimum absolute atomic E-state index is 0.0569. The number of pyridine rings is 1. The molecule has 1 aliphatic heterocycles. The Bertz CT molecular complexity index is 972. The summed E-state index contributed by atoms with van der Waals surface area (Å²) >= 11 is 0. The Kier molecular flexibility index (Phi) is 12.6. The van der Waals surface area contributed by atoms with Crippen LogP contribution in [0.4, 0.5) is 8.78 Å². The number of aryl methyl sites for hydroxylation is 1. The largest absolute Gasteiger partial charge is 0.372 e. The van der Waals surface area contributed by atoms with Gasteiger partial charge >= 0.3 is 0 Å². The van der Waals surface area contributed by atoms with E-state index in [1.807, 2.05) is 33.0 Å². The molecule has 3 N–H and O–H groups in total. The van der Waals surface area contributed by atoms with Crippen LogP contribution in [0.15, 0.2) is 36.5 Å². The van der Waals surface area contributed by atoms with Crippen molar-refractivity contribution in [3.8, 4) is 11.3 Å². The molecule has 0 radical (unpaired) electrons. The van der Waals surface area contributed by atoms with Crippen LogP contribution in [-0.2, 0) is 11.2 Å². The van der Waals surface area contributed by atoms with E-state index >= 15 is 0 Å². The van der Waals surface area contributed by atoms with Crippen molar-refractivity contribution in [1.29, 1.82) is 0 Å². The van der Waals surface area contributed by atoms with Crippen molar-refractivity contribution in [2.45, 2.75) is 71.4 Å². The lowest BCUT2D eigenvalue weighted by Gasteiger charge is -2.36. The van der Waals surface area contributed by atoms with Crippen LogP contribution in [0.2, 0.25) is 0 Å². The first-order valence-corrected chi connectivity index (χ1v) is 13.4. The molecule has 2 amide bonds. The Balaban J connectivity index is 0.00000153. The molecule has 0 unspecified atom stereocenters. The zero-order valence-corrected chi connectivity index (χ0v) is 22.4. The van der Waals surface area contributed by atoms with Gasteiger partial charge in [0, 0.05) is 24.8 Å². The van der Waals surface area contributed by atoms with E-state index in [1.54, 1.807) is 6.07 Å². The molecule has 2 aromatic rings. The van der Waals surface area contributed by atoms with E-state index in [9.17, 15) is 13.6 Å². The van der Waals surface area contributed by atoms with E-state index in [4.69, 9.17) is 4.79 Å². The smallest absolute Gasteiger partial charge is 0.254 e. The zero-order valence-electron chi connectivity index (χ0n) is 22.4. The van der Waals surface area contributed by atoms with Crippen molar-refractivity contribution in [2.24, 2.45) is 11.7 Å². The standard InChI is InChI=1S/C28H39F2N3O.CH3NO/c1-4-15-31-27(34)24-11-10-23(18-25(24)29)26-12-9-22(19-32-26)8-7-21-13-16-33(17-14-21)20-28(30,5-2)6-3;2-1-3/h9-12,18-19,21H,4-8,13-17,20H2,1-3H3,(H,31,34);1H,(H2,2,3). The Hall–Kier alpha value is -2.87. The van der Waals surface area contributed by atoms with Gasteiger partial charge in [0.1, 0.15) is 11.5 Å². The Labute approximate surface area is 220 Å². The van der Waals surface area contributed by atoms with Gasteiger partial charge in [0.15, 0.2) is 0 Å². The number of piperidine rings is 1. The predicted octanol–water partition coefficient (Wildman–Crippen LogP) is 5.30. The molecule has 3 rings (SSSR count). The van der Waals surface area contributed by atoms with E-state index < -0.39 is 11.5 Å².